The number of rotatable bonds is 8. The summed E-state index contributed by atoms with van der Waals surface area (Å²) in [5.41, 5.74) is 2.64. The summed E-state index contributed by atoms with van der Waals surface area (Å²) in [6.45, 7) is 3.11. The molecule has 2 rings (SSSR count). The number of sulfonamides is 1. The van der Waals surface area contributed by atoms with Gasteiger partial charge >= 0.3 is 5.97 Å². The fraction of sp³-hybridized carbons (Fsp3) is 0.263. The number of ketones is 1. The van der Waals surface area contributed by atoms with Crippen LogP contribution in [0.2, 0.25) is 0 Å². The minimum Gasteiger partial charge on any atom is -0.482 e. The molecule has 144 valence electrons. The molecule has 0 radical (unpaired) electrons. The molecule has 1 N–H and O–H groups in total. The summed E-state index contributed by atoms with van der Waals surface area (Å²) in [5.74, 6) is -0.475. The molecule has 2 aromatic carbocycles. The predicted octanol–water partition coefficient (Wildman–Crippen LogP) is 2.48. The number of hydrogen-bond donors (Lipinski definition) is 1. The maximum absolute atomic E-state index is 12.1. The van der Waals surface area contributed by atoms with E-state index in [-0.39, 0.29) is 6.61 Å². The first-order valence-electron chi connectivity index (χ1n) is 8.11. The van der Waals surface area contributed by atoms with Crippen molar-refractivity contribution in [3.8, 4) is 5.75 Å². The van der Waals surface area contributed by atoms with E-state index in [1.807, 2.05) is 26.0 Å². The van der Waals surface area contributed by atoms with E-state index in [0.29, 0.717) is 17.0 Å². The Bertz CT molecular complexity index is 935. The first kappa shape index (κ1) is 20.4. The Hall–Kier alpha value is -2.87. The molecule has 2 aromatic rings. The minimum absolute atomic E-state index is 0.297. The van der Waals surface area contributed by atoms with Gasteiger partial charge in [-0.3, -0.25) is 9.52 Å². The molecular weight excluding hydrogens is 370 g/mol. The first-order valence-corrected chi connectivity index (χ1v) is 10.00. The molecule has 0 atom stereocenters. The number of ether oxygens (including phenoxy) is 2. The van der Waals surface area contributed by atoms with E-state index in [0.717, 1.165) is 17.4 Å². The minimum atomic E-state index is -3.38. The molecule has 0 fully saturated rings. The molecule has 7 nitrogen and oxygen atoms in total. The highest BCUT2D eigenvalue weighted by molar-refractivity contribution is 7.92. The molecule has 0 saturated carbocycles. The zero-order valence-electron chi connectivity index (χ0n) is 15.3. The van der Waals surface area contributed by atoms with Gasteiger partial charge in [0.25, 0.3) is 0 Å². The molecule has 0 unspecified atom stereocenters. The molecule has 0 spiro atoms. The molecule has 8 heteroatoms. The number of nitrogens with one attached hydrogen (secondary N) is 1. The van der Waals surface area contributed by atoms with Crippen LogP contribution >= 0.6 is 0 Å². The summed E-state index contributed by atoms with van der Waals surface area (Å²) < 4.78 is 34.9. The quantitative estimate of drug-likeness (QED) is 0.548. The average Bonchev–Trinajstić information content (AvgIpc) is 2.58. The van der Waals surface area contributed by atoms with Crippen molar-refractivity contribution in [3.05, 3.63) is 59.2 Å². The maximum Gasteiger partial charge on any atom is 0.344 e. The van der Waals surface area contributed by atoms with Gasteiger partial charge in [0.1, 0.15) is 5.75 Å². The Balaban J connectivity index is 1.83. The van der Waals surface area contributed by atoms with Gasteiger partial charge in [0, 0.05) is 11.3 Å². The van der Waals surface area contributed by atoms with Gasteiger partial charge in [-0.25, -0.2) is 13.2 Å². The van der Waals surface area contributed by atoms with Gasteiger partial charge in [0.05, 0.1) is 6.26 Å². The van der Waals surface area contributed by atoms with E-state index in [2.05, 4.69) is 4.72 Å². The smallest absolute Gasteiger partial charge is 0.344 e. The molecule has 0 aliphatic carbocycles. The molecule has 27 heavy (non-hydrogen) atoms. The van der Waals surface area contributed by atoms with Gasteiger partial charge in [-0.1, -0.05) is 17.7 Å². The second kappa shape index (κ2) is 8.68. The number of benzene rings is 2. The van der Waals surface area contributed by atoms with Crippen LogP contribution in [0.4, 0.5) is 5.69 Å². The van der Waals surface area contributed by atoms with Gasteiger partial charge in [-0.15, -0.1) is 0 Å². The lowest BCUT2D eigenvalue weighted by atomic mass is 10.1. The first-order chi connectivity index (χ1) is 12.6. The van der Waals surface area contributed by atoms with Crippen molar-refractivity contribution in [2.75, 3.05) is 24.2 Å². The fourth-order valence-electron chi connectivity index (χ4n) is 2.31. The fourth-order valence-corrected chi connectivity index (χ4v) is 2.87. The zero-order chi connectivity index (χ0) is 20.0. The lowest BCUT2D eigenvalue weighted by Crippen LogP contribution is -2.19. The second-order valence-electron chi connectivity index (χ2n) is 6.09. The summed E-state index contributed by atoms with van der Waals surface area (Å²) in [6, 6.07) is 11.4. The third kappa shape index (κ3) is 6.74. The normalized spacial score (nSPS) is 10.9. The van der Waals surface area contributed by atoms with E-state index in [1.165, 1.54) is 24.3 Å². The van der Waals surface area contributed by atoms with Crippen molar-refractivity contribution < 1.29 is 27.5 Å². The van der Waals surface area contributed by atoms with Crippen LogP contribution in [-0.2, 0) is 19.6 Å². The van der Waals surface area contributed by atoms with Gasteiger partial charge in [0.2, 0.25) is 10.0 Å². The standard InChI is InChI=1S/C19H21NO6S/c1-13-4-9-18(14(2)10-13)25-12-19(22)26-11-17(21)15-5-7-16(8-6-15)20-27(3,23)24/h4-10,20H,11-12H2,1-3H3. The van der Waals surface area contributed by atoms with Crippen molar-refractivity contribution in [1.82, 2.24) is 0 Å². The third-order valence-corrected chi connectivity index (χ3v) is 4.16. The predicted molar refractivity (Wildman–Crippen MR) is 102 cm³/mol. The van der Waals surface area contributed by atoms with Crippen molar-refractivity contribution in [3.63, 3.8) is 0 Å². The molecule has 0 bridgehead atoms. The summed E-state index contributed by atoms with van der Waals surface area (Å²) in [6.07, 6.45) is 1.03. The second-order valence-corrected chi connectivity index (χ2v) is 7.84. The van der Waals surface area contributed by atoms with E-state index >= 15 is 0 Å². The van der Waals surface area contributed by atoms with Crippen molar-refractivity contribution in [1.29, 1.82) is 0 Å². The third-order valence-electron chi connectivity index (χ3n) is 3.55. The van der Waals surface area contributed by atoms with Crippen LogP contribution in [-0.4, -0.2) is 39.6 Å². The van der Waals surface area contributed by atoms with E-state index < -0.39 is 28.4 Å². The van der Waals surface area contributed by atoms with Crippen LogP contribution in [0.1, 0.15) is 21.5 Å². The largest absolute Gasteiger partial charge is 0.482 e. The van der Waals surface area contributed by atoms with Gasteiger partial charge in [-0.2, -0.15) is 0 Å². The van der Waals surface area contributed by atoms with Gasteiger partial charge in [-0.05, 0) is 49.7 Å². The van der Waals surface area contributed by atoms with E-state index in [4.69, 9.17) is 9.47 Å². The zero-order valence-corrected chi connectivity index (χ0v) is 16.1. The highest BCUT2D eigenvalue weighted by atomic mass is 32.2. The Labute approximate surface area is 158 Å². The van der Waals surface area contributed by atoms with Crippen molar-refractivity contribution >= 4 is 27.5 Å². The van der Waals surface area contributed by atoms with Crippen LogP contribution in [0, 0.1) is 13.8 Å². The summed E-state index contributed by atoms with van der Waals surface area (Å²) in [4.78, 5) is 23.8. The maximum atomic E-state index is 12.1. The number of hydrogen-bond acceptors (Lipinski definition) is 6. The Morgan fingerprint density at radius 1 is 1.00 bits per heavy atom. The number of carbonyl (C=O) groups is 2. The molecule has 0 aliphatic heterocycles. The van der Waals surface area contributed by atoms with Crippen molar-refractivity contribution in [2.24, 2.45) is 0 Å². The van der Waals surface area contributed by atoms with Crippen LogP contribution in [0.25, 0.3) is 0 Å². The molecule has 0 heterocycles. The SMILES string of the molecule is Cc1ccc(OCC(=O)OCC(=O)c2ccc(NS(C)(=O)=O)cc2)c(C)c1. The molecule has 0 aromatic heterocycles. The van der Waals surface area contributed by atoms with Gasteiger partial charge < -0.3 is 9.47 Å². The Morgan fingerprint density at radius 3 is 2.26 bits per heavy atom. The van der Waals surface area contributed by atoms with Crippen LogP contribution < -0.4 is 9.46 Å². The lowest BCUT2D eigenvalue weighted by molar-refractivity contribution is -0.144. The van der Waals surface area contributed by atoms with E-state index in [1.54, 1.807) is 6.07 Å². The summed E-state index contributed by atoms with van der Waals surface area (Å²) in [7, 11) is -3.38. The average molecular weight is 391 g/mol. The Morgan fingerprint density at radius 2 is 1.67 bits per heavy atom. The highest BCUT2D eigenvalue weighted by Crippen LogP contribution is 2.18. The van der Waals surface area contributed by atoms with Crippen molar-refractivity contribution in [2.45, 2.75) is 13.8 Å². The Kier molecular flexibility index (Phi) is 6.57. The molecular formula is C19H21NO6S. The monoisotopic (exact) mass is 391 g/mol. The molecule has 0 saturated heterocycles. The number of Topliss-reactive ketones (excluding diaryl/α,β-unsaturated/α-hetero) is 1. The number of anilines is 1. The number of carbonyl (C=O) groups excluding carboxylic acids is 2. The lowest BCUT2D eigenvalue weighted by Gasteiger charge is -2.10. The molecule has 0 amide bonds. The summed E-state index contributed by atoms with van der Waals surface area (Å²) >= 11 is 0. The van der Waals surface area contributed by atoms with Crippen LogP contribution in [0.5, 0.6) is 5.75 Å². The number of esters is 1. The van der Waals surface area contributed by atoms with Crippen LogP contribution in [0.15, 0.2) is 42.5 Å². The van der Waals surface area contributed by atoms with E-state index in [9.17, 15) is 18.0 Å². The number of aryl methyl sites for hydroxylation is 2. The topological polar surface area (TPSA) is 98.8 Å². The summed E-state index contributed by atoms with van der Waals surface area (Å²) in [5, 5.41) is 0. The highest BCUT2D eigenvalue weighted by Gasteiger charge is 2.12. The van der Waals surface area contributed by atoms with Crippen LogP contribution in [0.3, 0.4) is 0 Å². The van der Waals surface area contributed by atoms with Gasteiger partial charge in [0.15, 0.2) is 19.0 Å². The molecule has 0 aliphatic rings.